The number of hydrogen-bond donors (Lipinski definition) is 4. The zero-order valence-corrected chi connectivity index (χ0v) is 32.2. The quantitative estimate of drug-likeness (QED) is 0.0230. The molecule has 1 rings (SSSR count). The van der Waals surface area contributed by atoms with E-state index >= 15 is 0 Å². The molecular weight excluding hydrogens is 637 g/mol. The third kappa shape index (κ3) is 20.8. The number of nitrogens with zero attached hydrogens (tertiary/aromatic N) is 4. The fraction of sp³-hybridized carbons (Fsp3) is 0.463. The van der Waals surface area contributed by atoms with Crippen molar-refractivity contribution in [1.82, 2.24) is 19.8 Å². The van der Waals surface area contributed by atoms with Crippen LogP contribution in [0.15, 0.2) is 96.3 Å². The second kappa shape index (κ2) is 26.4. The number of benzene rings is 1. The van der Waals surface area contributed by atoms with Crippen LogP contribution in [0, 0.1) is 12.3 Å². The SMILES string of the molecule is C#CCC/C(C)=C(\C=C/CCCN(N)/C=C(\N)c1ccc(/C(N)=C/N(N)CC/C(C=C)=C/C=C(\CCC)OCCN(C)C)cc1)OCCN(C)C. The third-order valence-corrected chi connectivity index (χ3v) is 7.81. The van der Waals surface area contributed by atoms with Crippen molar-refractivity contribution in [3.05, 3.63) is 107 Å². The van der Waals surface area contributed by atoms with Gasteiger partial charge in [-0.2, -0.15) is 0 Å². The van der Waals surface area contributed by atoms with Crippen LogP contribution in [0.1, 0.15) is 69.9 Å². The minimum Gasteiger partial charge on any atom is -0.497 e. The van der Waals surface area contributed by atoms with Crippen molar-refractivity contribution < 1.29 is 9.47 Å². The highest BCUT2D eigenvalue weighted by molar-refractivity contribution is 5.67. The Balaban J connectivity index is 2.71. The molecule has 282 valence electrons. The lowest BCUT2D eigenvalue weighted by molar-refractivity contribution is 0.175. The van der Waals surface area contributed by atoms with E-state index in [0.29, 0.717) is 50.5 Å². The van der Waals surface area contributed by atoms with Crippen LogP contribution in [0.3, 0.4) is 0 Å². The van der Waals surface area contributed by atoms with Crippen LogP contribution in [-0.2, 0) is 9.47 Å². The van der Waals surface area contributed by atoms with Crippen molar-refractivity contribution in [1.29, 1.82) is 0 Å². The molecule has 0 saturated carbocycles. The smallest absolute Gasteiger partial charge is 0.117 e. The van der Waals surface area contributed by atoms with Gasteiger partial charge in [-0.15, -0.1) is 12.3 Å². The van der Waals surface area contributed by atoms with Gasteiger partial charge in [-0.05, 0) is 102 Å². The van der Waals surface area contributed by atoms with Gasteiger partial charge in [0.05, 0.1) is 17.2 Å². The van der Waals surface area contributed by atoms with Gasteiger partial charge in [0.15, 0.2) is 0 Å². The zero-order chi connectivity index (χ0) is 38.0. The van der Waals surface area contributed by atoms with Gasteiger partial charge >= 0.3 is 0 Å². The summed E-state index contributed by atoms with van der Waals surface area (Å²) in [5.74, 6) is 17.1. The summed E-state index contributed by atoms with van der Waals surface area (Å²) < 4.78 is 12.0. The summed E-state index contributed by atoms with van der Waals surface area (Å²) in [5, 5.41) is 3.21. The highest BCUT2D eigenvalue weighted by Gasteiger charge is 2.05. The molecule has 0 aliphatic carbocycles. The molecule has 0 amide bonds. The van der Waals surface area contributed by atoms with Gasteiger partial charge < -0.3 is 40.8 Å². The van der Waals surface area contributed by atoms with Crippen molar-refractivity contribution in [2.75, 3.05) is 67.6 Å². The second-order valence-electron chi connectivity index (χ2n) is 13.0. The van der Waals surface area contributed by atoms with Gasteiger partial charge in [0, 0.05) is 51.4 Å². The highest BCUT2D eigenvalue weighted by Crippen LogP contribution is 2.17. The first-order valence-corrected chi connectivity index (χ1v) is 17.8. The summed E-state index contributed by atoms with van der Waals surface area (Å²) in [7, 11) is 8.13. The number of likely N-dealkylation sites (N-methyl/N-ethyl adjacent to an activating group) is 2. The predicted molar refractivity (Wildman–Crippen MR) is 217 cm³/mol. The number of nitrogens with two attached hydrogens (primary N) is 4. The number of unbranched alkanes of at least 4 members (excludes halogenated alkanes) is 1. The first-order valence-electron chi connectivity index (χ1n) is 17.8. The van der Waals surface area contributed by atoms with Crippen LogP contribution in [0.5, 0.6) is 0 Å². The molecule has 0 spiro atoms. The number of hydrogen-bond acceptors (Lipinski definition) is 10. The van der Waals surface area contributed by atoms with E-state index in [9.17, 15) is 0 Å². The van der Waals surface area contributed by atoms with E-state index in [1.165, 1.54) is 0 Å². The molecule has 0 aliphatic rings. The molecule has 0 aromatic heterocycles. The van der Waals surface area contributed by atoms with Gasteiger partial charge in [-0.25, -0.2) is 11.7 Å². The number of ether oxygens (including phenoxy) is 2. The van der Waals surface area contributed by atoms with Crippen LogP contribution in [-0.4, -0.2) is 87.4 Å². The van der Waals surface area contributed by atoms with Crippen LogP contribution < -0.4 is 23.2 Å². The fourth-order valence-corrected chi connectivity index (χ4v) is 4.63. The summed E-state index contributed by atoms with van der Waals surface area (Å²) in [6, 6.07) is 7.69. The lowest BCUT2D eigenvalue weighted by Gasteiger charge is -2.16. The molecule has 0 fully saturated rings. The highest BCUT2D eigenvalue weighted by atomic mass is 16.5. The molecule has 0 atom stereocenters. The lowest BCUT2D eigenvalue weighted by Crippen LogP contribution is -2.27. The van der Waals surface area contributed by atoms with Crippen molar-refractivity contribution in [2.24, 2.45) is 23.2 Å². The maximum atomic E-state index is 6.39. The molecule has 0 radical (unpaired) electrons. The topological polar surface area (TPSA) is 136 Å². The molecule has 0 bridgehead atoms. The average Bonchev–Trinajstić information content (AvgIpc) is 3.09. The van der Waals surface area contributed by atoms with E-state index in [0.717, 1.165) is 79.0 Å². The number of rotatable bonds is 26. The van der Waals surface area contributed by atoms with E-state index in [1.54, 1.807) is 22.4 Å². The van der Waals surface area contributed by atoms with Gasteiger partial charge in [0.25, 0.3) is 0 Å². The van der Waals surface area contributed by atoms with Crippen molar-refractivity contribution in [3.63, 3.8) is 0 Å². The molecule has 0 unspecified atom stereocenters. The molecule has 8 N–H and O–H groups in total. The molecule has 0 saturated heterocycles. The Bertz CT molecular complexity index is 1380. The Morgan fingerprint density at radius 3 is 1.92 bits per heavy atom. The number of terminal acetylenes is 1. The van der Waals surface area contributed by atoms with Gasteiger partial charge in [-0.3, -0.25) is 0 Å². The molecule has 51 heavy (non-hydrogen) atoms. The molecule has 10 nitrogen and oxygen atoms in total. The molecule has 0 heterocycles. The minimum absolute atomic E-state index is 0.552. The minimum atomic E-state index is 0.552. The Morgan fingerprint density at radius 1 is 0.824 bits per heavy atom. The first kappa shape index (κ1) is 44.6. The van der Waals surface area contributed by atoms with Crippen LogP contribution in [0.2, 0.25) is 0 Å². The van der Waals surface area contributed by atoms with Crippen LogP contribution in [0.4, 0.5) is 0 Å². The van der Waals surface area contributed by atoms with Gasteiger partial charge in [0.2, 0.25) is 0 Å². The number of allylic oxidation sites excluding steroid dienone is 7. The normalized spacial score (nSPS) is 13.4. The molecule has 0 aliphatic heterocycles. The summed E-state index contributed by atoms with van der Waals surface area (Å²) in [5.41, 5.74) is 17.8. The monoisotopic (exact) mass is 703 g/mol. The standard InChI is InChI=1S/C41H66N8O2/c1-9-12-17-34(4)41(51-31-29-47(7)8)18-14-13-15-26-48(44)32-39(42)36-20-22-37(23-21-36)40(43)33-49(45)27-25-35(11-3)19-24-38(16-10-2)50-30-28-46(5)6/h1,11,14,18-24,32-33H,3,10,12-13,15-17,25-31,42-45H2,2,4-8H3/b18-14-,35-19+,38-24+,39-32-,40-33-,41-34+. The third-order valence-electron chi connectivity index (χ3n) is 7.81. The molecule has 1 aromatic rings. The van der Waals surface area contributed by atoms with Gasteiger partial charge in [-0.1, -0.05) is 56.0 Å². The van der Waals surface area contributed by atoms with E-state index in [-0.39, 0.29) is 0 Å². The summed E-state index contributed by atoms with van der Waals surface area (Å²) in [4.78, 5) is 4.20. The maximum Gasteiger partial charge on any atom is 0.117 e. The van der Waals surface area contributed by atoms with Crippen molar-refractivity contribution >= 4 is 11.4 Å². The fourth-order valence-electron chi connectivity index (χ4n) is 4.63. The van der Waals surface area contributed by atoms with Crippen molar-refractivity contribution in [2.45, 2.75) is 58.8 Å². The Kier molecular flexibility index (Phi) is 23.1. The summed E-state index contributed by atoms with van der Waals surface area (Å²) in [6.45, 7) is 12.4. The first-order chi connectivity index (χ1) is 24.4. The Labute approximate surface area is 309 Å². The van der Waals surface area contributed by atoms with E-state index < -0.39 is 0 Å². The second-order valence-corrected chi connectivity index (χ2v) is 13.0. The summed E-state index contributed by atoms with van der Waals surface area (Å²) in [6.07, 6.45) is 24.9. The van der Waals surface area contributed by atoms with E-state index in [2.05, 4.69) is 42.2 Å². The van der Waals surface area contributed by atoms with Crippen LogP contribution >= 0.6 is 0 Å². The summed E-state index contributed by atoms with van der Waals surface area (Å²) >= 11 is 0. The molecular formula is C41H66N8O2. The molecule has 10 heteroatoms. The zero-order valence-electron chi connectivity index (χ0n) is 32.2. The Morgan fingerprint density at radius 2 is 1.39 bits per heavy atom. The van der Waals surface area contributed by atoms with Gasteiger partial charge in [0.1, 0.15) is 19.0 Å². The van der Waals surface area contributed by atoms with E-state index in [4.69, 9.17) is 39.0 Å². The van der Waals surface area contributed by atoms with Crippen molar-refractivity contribution in [3.8, 4) is 12.3 Å². The largest absolute Gasteiger partial charge is 0.497 e. The lowest BCUT2D eigenvalue weighted by atomic mass is 10.1. The van der Waals surface area contributed by atoms with E-state index in [1.807, 2.05) is 76.8 Å². The van der Waals surface area contributed by atoms with Crippen LogP contribution in [0.25, 0.3) is 11.4 Å². The Hall–Kier alpha value is -4.40. The maximum absolute atomic E-state index is 6.39. The molecule has 1 aromatic carbocycles. The average molecular weight is 703 g/mol. The predicted octanol–water partition coefficient (Wildman–Crippen LogP) is 5.92. The number of hydrazine groups is 2.